The molecule has 22 rings (SSSR count). The minimum atomic E-state index is 0.715. The maximum atomic E-state index is 5.78. The van der Waals surface area contributed by atoms with Gasteiger partial charge in [0.1, 0.15) is 28.2 Å². The molecule has 7 nitrogen and oxygen atoms in total. The molecule has 0 aliphatic rings. The molecule has 114 heavy (non-hydrogen) atoms. The Morgan fingerprint density at radius 3 is 1.35 bits per heavy atom. The first-order valence-electron chi connectivity index (χ1n) is 38.4. The van der Waals surface area contributed by atoms with Crippen LogP contribution in [0.1, 0.15) is 39.2 Å². The van der Waals surface area contributed by atoms with Gasteiger partial charge >= 0.3 is 0 Å². The van der Waals surface area contributed by atoms with Gasteiger partial charge in [-0.15, -0.1) is 22.7 Å². The molecule has 0 atom stereocenters. The van der Waals surface area contributed by atoms with Gasteiger partial charge in [0, 0.05) is 101 Å². The molecule has 0 spiro atoms. The van der Waals surface area contributed by atoms with E-state index in [0.717, 1.165) is 61.8 Å². The average Bonchev–Trinajstić information content (AvgIpc) is 1.59. The number of furan rings is 2. The van der Waals surface area contributed by atoms with E-state index in [4.69, 9.17) is 13.8 Å². The molecule has 22 aromatic rings. The van der Waals surface area contributed by atoms with E-state index < -0.39 is 0 Å². The Morgan fingerprint density at radius 2 is 0.693 bits per heavy atom. The van der Waals surface area contributed by atoms with E-state index >= 15 is 0 Å². The first kappa shape index (κ1) is 74.4. The quantitative estimate of drug-likeness (QED) is 0.171. The molecule has 0 saturated heterocycles. The minimum Gasteiger partial charge on any atom is -0.456 e. The van der Waals surface area contributed by atoms with Crippen LogP contribution in [0.25, 0.3) is 157 Å². The number of aryl methyl sites for hydroxylation is 7. The highest BCUT2D eigenvalue weighted by Gasteiger charge is 2.15. The monoisotopic (exact) mass is 1510 g/mol. The molecule has 0 bridgehead atoms. The van der Waals surface area contributed by atoms with Gasteiger partial charge in [-0.05, 0) is 149 Å². The maximum Gasteiger partial charge on any atom is 0.163 e. The Balaban J connectivity index is 0.000000101. The van der Waals surface area contributed by atoms with Crippen LogP contribution >= 0.6 is 22.7 Å². The molecule has 0 unspecified atom stereocenters. The van der Waals surface area contributed by atoms with Crippen LogP contribution in [0.2, 0.25) is 0 Å². The fourth-order valence-electron chi connectivity index (χ4n) is 14.6. The first-order valence-corrected chi connectivity index (χ1v) is 40.0. The lowest BCUT2D eigenvalue weighted by Crippen LogP contribution is -1.99. The highest BCUT2D eigenvalue weighted by atomic mass is 32.1. The normalized spacial score (nSPS) is 10.9. The summed E-state index contributed by atoms with van der Waals surface area (Å²) in [5.74, 6) is 2.16. The largest absolute Gasteiger partial charge is 0.456 e. The lowest BCUT2D eigenvalue weighted by Gasteiger charge is -2.08. The zero-order valence-corrected chi connectivity index (χ0v) is 66.3. The fourth-order valence-corrected chi connectivity index (χ4v) is 16.9. The van der Waals surface area contributed by atoms with Crippen molar-refractivity contribution in [3.8, 4) is 51.0 Å². The van der Waals surface area contributed by atoms with Crippen molar-refractivity contribution in [1.29, 1.82) is 0 Å². The van der Waals surface area contributed by atoms with Gasteiger partial charge in [-0.2, -0.15) is 0 Å². The average molecular weight is 1510 g/mol. The number of aromatic nitrogens is 5. The zero-order chi connectivity index (χ0) is 77.9. The number of rotatable bonds is 5. The summed E-state index contributed by atoms with van der Waals surface area (Å²) < 4.78 is 19.5. The molecule has 0 N–H and O–H groups in total. The highest BCUT2D eigenvalue weighted by Crippen LogP contribution is 2.39. The lowest BCUT2D eigenvalue weighted by atomic mass is 10.1. The molecule has 0 aliphatic heterocycles. The van der Waals surface area contributed by atoms with Gasteiger partial charge < -0.3 is 13.4 Å². The van der Waals surface area contributed by atoms with Crippen LogP contribution in [0.3, 0.4) is 0 Å². The summed E-state index contributed by atoms with van der Waals surface area (Å²) in [4.78, 5) is 18.1. The molecule has 0 amide bonds. The third-order valence-corrected chi connectivity index (χ3v) is 22.6. The van der Waals surface area contributed by atoms with Crippen molar-refractivity contribution in [2.24, 2.45) is 0 Å². The number of pyridine rings is 1. The summed E-state index contributed by atoms with van der Waals surface area (Å²) in [6.45, 7) is 14.6. The van der Waals surface area contributed by atoms with Crippen LogP contribution in [-0.4, -0.2) is 24.5 Å². The van der Waals surface area contributed by atoms with Gasteiger partial charge in [0.25, 0.3) is 0 Å². The second-order valence-corrected chi connectivity index (χ2v) is 30.5. The molecule has 15 aromatic carbocycles. The molecular weight excluding hydrogens is 1430 g/mol. The molecule has 0 aliphatic carbocycles. The molecule has 7 heterocycles. The predicted octanol–water partition coefficient (Wildman–Crippen LogP) is 29.8. The number of nitrogens with zero attached hydrogens (tertiary/aromatic N) is 5. The Bertz CT molecular complexity index is 6800. The molecular formula is C105H83N5O2S2. The van der Waals surface area contributed by atoms with E-state index in [1.54, 1.807) is 0 Å². The molecule has 9 heteroatoms. The Labute approximate surface area is 672 Å². The number of thiophene rings is 2. The summed E-state index contributed by atoms with van der Waals surface area (Å²) in [6, 6.07) is 130. The van der Waals surface area contributed by atoms with Crippen molar-refractivity contribution < 1.29 is 8.83 Å². The van der Waals surface area contributed by atoms with Crippen LogP contribution in [0.15, 0.2) is 385 Å². The number of hydrogen-bond donors (Lipinski definition) is 0. The van der Waals surface area contributed by atoms with Gasteiger partial charge in [0.15, 0.2) is 11.6 Å². The SMILES string of the molecule is Cc1ccc2c(c1)oc1ccccc12.Cc1ccc2c(c1)sc1ccccc12.Cc1cccc(-c2cccc(-c3ccccc3)n2)c1.Cc1cccc2c1oc1ccccc12.Cc1cccc2c1sc1ccccc12.Cc1cccc2c3ccccc3n(-c3ccccc3)c12.Cc1nc(-c2ccccc2)nc(-c2ccccc2)n1. The van der Waals surface area contributed by atoms with Crippen molar-refractivity contribution in [1.82, 2.24) is 24.5 Å². The molecule has 0 fully saturated rings. The number of para-hydroxylation sites is 6. The predicted molar refractivity (Wildman–Crippen MR) is 486 cm³/mol. The van der Waals surface area contributed by atoms with Crippen LogP contribution in [0.5, 0.6) is 0 Å². The topological polar surface area (TPSA) is 82.8 Å². The van der Waals surface area contributed by atoms with Gasteiger partial charge in [-0.3, -0.25) is 0 Å². The summed E-state index contributed by atoms with van der Waals surface area (Å²) >= 11 is 3.76. The first-order chi connectivity index (χ1) is 55.9. The standard InChI is InChI=1S/C19H15N.C18H15N.C16H13N3.2C13H10O.2C13H10S/c1-14-8-7-12-17-16-11-5-6-13-18(16)20(19(14)17)15-9-3-2-4-10-15;1-14-7-5-10-16(13-14)18-12-6-11-17(19-18)15-8-3-2-4-9-15;1-12-17-15(13-8-4-2-5-9-13)19-16(18-12)14-10-6-3-7-11-14;1-9-5-4-7-11-10-6-2-3-8-12(10)14-13(9)11;1-9-6-7-11-10-4-2-3-5-12(10)14-13(11)8-9;1-9-5-4-7-11-10-6-2-3-8-12(10)14-13(9)11;1-9-6-7-11-10-4-2-3-5-12(10)14-13(11)8-9/h2-13H,1H3;2-13H,1H3;2-11H,1H3;4*2-8H,1H3. The van der Waals surface area contributed by atoms with Crippen LogP contribution in [0, 0.1) is 48.5 Å². The Morgan fingerprint density at radius 1 is 0.254 bits per heavy atom. The smallest absolute Gasteiger partial charge is 0.163 e. The van der Waals surface area contributed by atoms with Crippen molar-refractivity contribution >= 4 is 129 Å². The van der Waals surface area contributed by atoms with E-state index in [1.165, 1.54) is 123 Å². The van der Waals surface area contributed by atoms with E-state index in [2.05, 4.69) is 322 Å². The van der Waals surface area contributed by atoms with Crippen LogP contribution in [0.4, 0.5) is 0 Å². The van der Waals surface area contributed by atoms with E-state index in [1.807, 2.05) is 145 Å². The Hall–Kier alpha value is -13.7. The third kappa shape index (κ3) is 16.5. The van der Waals surface area contributed by atoms with Crippen LogP contribution in [-0.2, 0) is 0 Å². The van der Waals surface area contributed by atoms with Gasteiger partial charge in [0.05, 0.1) is 22.4 Å². The van der Waals surface area contributed by atoms with Crippen molar-refractivity contribution in [2.45, 2.75) is 48.5 Å². The number of hydrogen-bond acceptors (Lipinski definition) is 8. The van der Waals surface area contributed by atoms with E-state index in [0.29, 0.717) is 11.6 Å². The molecule has 552 valence electrons. The second-order valence-electron chi connectivity index (χ2n) is 28.4. The lowest BCUT2D eigenvalue weighted by molar-refractivity contribution is 0.666. The Kier molecular flexibility index (Phi) is 22.4. The third-order valence-electron chi connectivity index (χ3n) is 20.1. The zero-order valence-electron chi connectivity index (χ0n) is 64.7. The fraction of sp³-hybridized carbons (Fsp3) is 0.0667. The summed E-state index contributed by atoms with van der Waals surface area (Å²) in [6.07, 6.45) is 0. The molecule has 7 aromatic heterocycles. The minimum absolute atomic E-state index is 0.715. The molecule has 0 saturated carbocycles. The second kappa shape index (κ2) is 34.3. The maximum absolute atomic E-state index is 5.78. The van der Waals surface area contributed by atoms with Crippen molar-refractivity contribution in [2.75, 3.05) is 0 Å². The number of fused-ring (bicyclic) bond motifs is 15. The van der Waals surface area contributed by atoms with Gasteiger partial charge in [0.2, 0.25) is 0 Å². The van der Waals surface area contributed by atoms with Gasteiger partial charge in [-0.1, -0.05) is 309 Å². The van der Waals surface area contributed by atoms with Crippen molar-refractivity contribution in [3.05, 3.63) is 415 Å². The molecule has 0 radical (unpaired) electrons. The van der Waals surface area contributed by atoms with Crippen molar-refractivity contribution in [3.63, 3.8) is 0 Å². The summed E-state index contributed by atoms with van der Waals surface area (Å²) in [7, 11) is 0. The highest BCUT2D eigenvalue weighted by molar-refractivity contribution is 7.26. The van der Waals surface area contributed by atoms with E-state index in [9.17, 15) is 0 Å². The van der Waals surface area contributed by atoms with Crippen LogP contribution < -0.4 is 0 Å². The summed E-state index contributed by atoms with van der Waals surface area (Å²) in [5.41, 5.74) is 21.8. The van der Waals surface area contributed by atoms with Gasteiger partial charge in [-0.25, -0.2) is 19.9 Å². The number of benzene rings is 15. The summed E-state index contributed by atoms with van der Waals surface area (Å²) in [5, 5.41) is 13.0. The van der Waals surface area contributed by atoms with E-state index in [-0.39, 0.29) is 0 Å².